The van der Waals surface area contributed by atoms with E-state index in [-0.39, 0.29) is 17.7 Å². The van der Waals surface area contributed by atoms with Crippen LogP contribution in [0.4, 0.5) is 0 Å². The van der Waals surface area contributed by atoms with E-state index in [0.29, 0.717) is 43.7 Å². The fraction of sp³-hybridized carbons (Fsp3) is 0.222. The summed E-state index contributed by atoms with van der Waals surface area (Å²) in [4.78, 5) is 31.7. The third-order valence-electron chi connectivity index (χ3n) is 5.56. The van der Waals surface area contributed by atoms with E-state index in [1.165, 1.54) is 15.9 Å². The van der Waals surface area contributed by atoms with Gasteiger partial charge in [0, 0.05) is 5.02 Å². The maximum Gasteiger partial charge on any atom is 0.338 e. The molecule has 2 heterocycles. The summed E-state index contributed by atoms with van der Waals surface area (Å²) in [6.45, 7) is 7.67. The van der Waals surface area contributed by atoms with E-state index in [4.69, 9.17) is 25.8 Å². The molecule has 0 amide bonds. The van der Waals surface area contributed by atoms with Gasteiger partial charge in [0.1, 0.15) is 12.6 Å². The number of carbonyl (C=O) groups is 1. The Morgan fingerprint density at radius 1 is 1.25 bits per heavy atom. The van der Waals surface area contributed by atoms with E-state index in [1.807, 2.05) is 12.1 Å². The lowest BCUT2D eigenvalue weighted by molar-refractivity contribution is -0.139. The van der Waals surface area contributed by atoms with Crippen molar-refractivity contribution in [2.24, 2.45) is 4.99 Å². The first-order valence-electron chi connectivity index (χ1n) is 11.2. The van der Waals surface area contributed by atoms with Gasteiger partial charge in [-0.25, -0.2) is 9.79 Å². The highest BCUT2D eigenvalue weighted by atomic mass is 35.5. The zero-order valence-corrected chi connectivity index (χ0v) is 21.7. The molecule has 4 rings (SSSR count). The Bertz CT molecular complexity index is 1540. The lowest BCUT2D eigenvalue weighted by atomic mass is 9.96. The van der Waals surface area contributed by atoms with Crippen LogP contribution < -0.4 is 24.4 Å². The third kappa shape index (κ3) is 4.87. The fourth-order valence-electron chi connectivity index (χ4n) is 3.98. The van der Waals surface area contributed by atoms with Crippen LogP contribution in [0.2, 0.25) is 5.02 Å². The Hall–Kier alpha value is -3.62. The van der Waals surface area contributed by atoms with Crippen molar-refractivity contribution in [2.75, 3.05) is 20.3 Å². The van der Waals surface area contributed by atoms with Crippen LogP contribution >= 0.6 is 22.9 Å². The molecule has 0 saturated carbocycles. The number of benzene rings is 2. The molecular weight excluding hydrogens is 500 g/mol. The highest BCUT2D eigenvalue weighted by Crippen LogP contribution is 2.34. The molecule has 3 aromatic rings. The van der Waals surface area contributed by atoms with Gasteiger partial charge in [-0.3, -0.25) is 9.36 Å². The first-order valence-corrected chi connectivity index (χ1v) is 12.4. The number of methoxy groups -OCH3 is 1. The minimum absolute atomic E-state index is 0.198. The zero-order valence-electron chi connectivity index (χ0n) is 20.1. The van der Waals surface area contributed by atoms with Crippen molar-refractivity contribution in [2.45, 2.75) is 19.9 Å². The van der Waals surface area contributed by atoms with Crippen molar-refractivity contribution >= 4 is 35.0 Å². The Kier molecular flexibility index (Phi) is 7.76. The first kappa shape index (κ1) is 25.5. The zero-order chi connectivity index (χ0) is 25.8. The molecule has 0 bridgehead atoms. The van der Waals surface area contributed by atoms with E-state index in [0.717, 1.165) is 5.56 Å². The highest BCUT2D eigenvalue weighted by molar-refractivity contribution is 7.07. The van der Waals surface area contributed by atoms with E-state index in [9.17, 15) is 9.59 Å². The van der Waals surface area contributed by atoms with Gasteiger partial charge in [0.25, 0.3) is 5.56 Å². The topological polar surface area (TPSA) is 79.1 Å². The van der Waals surface area contributed by atoms with Crippen molar-refractivity contribution in [1.82, 2.24) is 4.57 Å². The number of allylic oxidation sites excluding steroid dienone is 1. The number of fused-ring (bicyclic) bond motifs is 1. The van der Waals surface area contributed by atoms with Crippen molar-refractivity contribution in [1.29, 1.82) is 0 Å². The normalized spacial score (nSPS) is 15.2. The van der Waals surface area contributed by atoms with Crippen LogP contribution in [0, 0.1) is 0 Å². The molecule has 7 nitrogen and oxygen atoms in total. The van der Waals surface area contributed by atoms with Gasteiger partial charge < -0.3 is 14.2 Å². The average Bonchev–Trinajstić information content (AvgIpc) is 3.17. The van der Waals surface area contributed by atoms with Crippen molar-refractivity contribution in [3.63, 3.8) is 0 Å². The molecule has 0 spiro atoms. The van der Waals surface area contributed by atoms with Gasteiger partial charge in [0.15, 0.2) is 16.3 Å². The molecule has 1 aliphatic heterocycles. The molecule has 0 unspecified atom stereocenters. The smallest absolute Gasteiger partial charge is 0.338 e. The number of halogens is 1. The quantitative estimate of drug-likeness (QED) is 0.328. The number of ether oxygens (including phenoxy) is 3. The molecule has 1 atom stereocenters. The van der Waals surface area contributed by atoms with Gasteiger partial charge >= 0.3 is 5.97 Å². The Morgan fingerprint density at radius 2 is 2.03 bits per heavy atom. The second-order valence-electron chi connectivity index (χ2n) is 7.83. The Labute approximate surface area is 217 Å². The number of nitrogens with zero attached hydrogens (tertiary/aromatic N) is 2. The third-order valence-corrected chi connectivity index (χ3v) is 6.89. The summed E-state index contributed by atoms with van der Waals surface area (Å²) in [5.41, 5.74) is 1.85. The van der Waals surface area contributed by atoms with Gasteiger partial charge in [-0.15, -0.1) is 0 Å². The van der Waals surface area contributed by atoms with Crippen LogP contribution in [0.15, 0.2) is 76.2 Å². The molecule has 9 heteroatoms. The lowest BCUT2D eigenvalue weighted by Crippen LogP contribution is -2.40. The predicted octanol–water partition coefficient (Wildman–Crippen LogP) is 4.03. The van der Waals surface area contributed by atoms with E-state index >= 15 is 0 Å². The number of carbonyl (C=O) groups excluding carboxylic acids is 1. The molecular formula is C27H25ClN2O5S. The summed E-state index contributed by atoms with van der Waals surface area (Å²) in [5, 5.41) is 0.438. The summed E-state index contributed by atoms with van der Waals surface area (Å²) in [7, 11) is 1.55. The minimum atomic E-state index is -0.764. The van der Waals surface area contributed by atoms with Crippen molar-refractivity contribution in [3.05, 3.63) is 102 Å². The maximum atomic E-state index is 13.7. The SMILES string of the molecule is C=CCOc1ccc(/C=c2\sc3n(c2=O)[C@H](c2ccccc2Cl)C(C(=O)OCC)=C(C)N=3)cc1OC. The fourth-order valence-corrected chi connectivity index (χ4v) is 5.26. The maximum absolute atomic E-state index is 13.7. The number of thiazole rings is 1. The first-order chi connectivity index (χ1) is 17.4. The van der Waals surface area contributed by atoms with Crippen LogP contribution in [0.25, 0.3) is 6.08 Å². The van der Waals surface area contributed by atoms with Crippen molar-refractivity contribution in [3.8, 4) is 11.5 Å². The van der Waals surface area contributed by atoms with Crippen LogP contribution in [-0.2, 0) is 9.53 Å². The Morgan fingerprint density at radius 3 is 2.72 bits per heavy atom. The second kappa shape index (κ2) is 11.0. The summed E-state index contributed by atoms with van der Waals surface area (Å²) in [6.07, 6.45) is 3.41. The van der Waals surface area contributed by atoms with Gasteiger partial charge in [-0.1, -0.05) is 59.9 Å². The van der Waals surface area contributed by atoms with Gasteiger partial charge in [0.2, 0.25) is 0 Å². The Balaban J connectivity index is 1.89. The average molecular weight is 525 g/mol. The largest absolute Gasteiger partial charge is 0.493 e. The molecule has 1 aliphatic rings. The molecule has 0 N–H and O–H groups in total. The monoisotopic (exact) mass is 524 g/mol. The van der Waals surface area contributed by atoms with Crippen molar-refractivity contribution < 1.29 is 19.0 Å². The molecule has 0 aliphatic carbocycles. The minimum Gasteiger partial charge on any atom is -0.493 e. The second-order valence-corrected chi connectivity index (χ2v) is 9.25. The molecule has 1 aromatic heterocycles. The number of aromatic nitrogens is 1. The highest BCUT2D eigenvalue weighted by Gasteiger charge is 2.34. The summed E-state index contributed by atoms with van der Waals surface area (Å²) in [5.74, 6) is 0.579. The van der Waals surface area contributed by atoms with Crippen LogP contribution in [0.1, 0.15) is 31.0 Å². The number of rotatable bonds is 8. The lowest BCUT2D eigenvalue weighted by Gasteiger charge is -2.25. The molecule has 0 saturated heterocycles. The summed E-state index contributed by atoms with van der Waals surface area (Å²) in [6, 6.07) is 11.8. The van der Waals surface area contributed by atoms with E-state index in [1.54, 1.807) is 63.4 Å². The van der Waals surface area contributed by atoms with Gasteiger partial charge in [-0.2, -0.15) is 0 Å². The van der Waals surface area contributed by atoms with Gasteiger partial charge in [-0.05, 0) is 49.2 Å². The summed E-state index contributed by atoms with van der Waals surface area (Å²) < 4.78 is 18.3. The standard InChI is InChI=1S/C27H25ClN2O5S/c1-5-13-35-20-12-11-17(14-21(20)33-4)15-22-25(31)30-24(18-9-7-8-10-19(18)28)23(26(32)34-6-2)16(3)29-27(30)36-22/h5,7-12,14-15,24H,1,6,13H2,2-4H3/b22-15-/t24-/m1/s1. The molecule has 36 heavy (non-hydrogen) atoms. The number of hydrogen-bond donors (Lipinski definition) is 0. The van der Waals surface area contributed by atoms with Crippen LogP contribution in [0.3, 0.4) is 0 Å². The van der Waals surface area contributed by atoms with Crippen LogP contribution in [-0.4, -0.2) is 30.9 Å². The predicted molar refractivity (Wildman–Crippen MR) is 141 cm³/mol. The van der Waals surface area contributed by atoms with E-state index < -0.39 is 12.0 Å². The summed E-state index contributed by atoms with van der Waals surface area (Å²) >= 11 is 7.77. The van der Waals surface area contributed by atoms with Crippen LogP contribution in [0.5, 0.6) is 11.5 Å². The molecule has 0 fully saturated rings. The molecule has 0 radical (unpaired) electrons. The molecule has 186 valence electrons. The number of hydrogen-bond acceptors (Lipinski definition) is 7. The number of esters is 1. The van der Waals surface area contributed by atoms with E-state index in [2.05, 4.69) is 11.6 Å². The van der Waals surface area contributed by atoms with Gasteiger partial charge in [0.05, 0.1) is 29.5 Å². The molecule has 2 aromatic carbocycles.